The molecule has 1 N–H and O–H groups in total. The van der Waals surface area contributed by atoms with Gasteiger partial charge < -0.3 is 14.8 Å². The maximum Gasteiger partial charge on any atom is 0.0593 e. The fourth-order valence-electron chi connectivity index (χ4n) is 3.22. The molecule has 0 amide bonds. The Labute approximate surface area is 111 Å². The van der Waals surface area contributed by atoms with Gasteiger partial charge in [-0.05, 0) is 19.3 Å². The van der Waals surface area contributed by atoms with Gasteiger partial charge in [0, 0.05) is 52.0 Å². The zero-order valence-corrected chi connectivity index (χ0v) is 11.7. The van der Waals surface area contributed by atoms with E-state index in [1.807, 2.05) is 0 Å². The molecule has 4 heteroatoms. The molecule has 1 saturated heterocycles. The van der Waals surface area contributed by atoms with Crippen LogP contribution in [0.5, 0.6) is 0 Å². The van der Waals surface area contributed by atoms with Crippen LogP contribution in [-0.2, 0) is 9.47 Å². The van der Waals surface area contributed by atoms with Crippen molar-refractivity contribution in [3.05, 3.63) is 0 Å². The van der Waals surface area contributed by atoms with Gasteiger partial charge in [-0.3, -0.25) is 4.90 Å². The molecule has 0 atom stereocenters. The summed E-state index contributed by atoms with van der Waals surface area (Å²) < 4.78 is 10.7. The summed E-state index contributed by atoms with van der Waals surface area (Å²) in [5.74, 6) is 0. The lowest BCUT2D eigenvalue weighted by atomic mass is 9.94. The zero-order chi connectivity index (χ0) is 12.7. The first-order chi connectivity index (χ1) is 8.85. The minimum Gasteiger partial charge on any atom is -0.385 e. The molecule has 2 aliphatic rings. The smallest absolute Gasteiger partial charge is 0.0593 e. The van der Waals surface area contributed by atoms with Crippen molar-refractivity contribution in [3.8, 4) is 0 Å². The number of hydrogen-bond acceptors (Lipinski definition) is 4. The van der Waals surface area contributed by atoms with Crippen LogP contribution in [0.2, 0.25) is 0 Å². The number of hydrogen-bond donors (Lipinski definition) is 1. The molecule has 1 heterocycles. The number of ether oxygens (including phenoxy) is 2. The second-order valence-electron chi connectivity index (χ2n) is 5.65. The average Bonchev–Trinajstić information content (AvgIpc) is 2.82. The van der Waals surface area contributed by atoms with Gasteiger partial charge in [0.15, 0.2) is 0 Å². The third-order valence-electron chi connectivity index (χ3n) is 4.20. The lowest BCUT2D eigenvalue weighted by molar-refractivity contribution is 0.0634. The molecule has 0 radical (unpaired) electrons. The van der Waals surface area contributed by atoms with E-state index in [4.69, 9.17) is 9.47 Å². The summed E-state index contributed by atoms with van der Waals surface area (Å²) in [6.07, 6.45) is 6.51. The largest absolute Gasteiger partial charge is 0.385 e. The van der Waals surface area contributed by atoms with Crippen LogP contribution in [-0.4, -0.2) is 63.5 Å². The van der Waals surface area contributed by atoms with Crippen LogP contribution in [0.25, 0.3) is 0 Å². The maximum absolute atomic E-state index is 5.65. The van der Waals surface area contributed by atoms with E-state index in [0.29, 0.717) is 5.54 Å². The monoisotopic (exact) mass is 256 g/mol. The highest BCUT2D eigenvalue weighted by molar-refractivity contribution is 4.98. The predicted octanol–water partition coefficient (Wildman–Crippen LogP) is 1.26. The molecule has 0 bridgehead atoms. The third kappa shape index (κ3) is 4.19. The molecule has 0 aromatic rings. The van der Waals surface area contributed by atoms with Crippen molar-refractivity contribution < 1.29 is 9.47 Å². The van der Waals surface area contributed by atoms with Gasteiger partial charge in [0.05, 0.1) is 6.61 Å². The van der Waals surface area contributed by atoms with E-state index in [2.05, 4.69) is 10.2 Å². The third-order valence-corrected chi connectivity index (χ3v) is 4.20. The van der Waals surface area contributed by atoms with E-state index >= 15 is 0 Å². The second kappa shape index (κ2) is 7.43. The summed E-state index contributed by atoms with van der Waals surface area (Å²) in [6.45, 7) is 7.10. The van der Waals surface area contributed by atoms with Crippen molar-refractivity contribution in [2.75, 3.05) is 53.1 Å². The number of nitrogens with one attached hydrogen (secondary N) is 1. The van der Waals surface area contributed by atoms with E-state index in [0.717, 1.165) is 39.3 Å². The maximum atomic E-state index is 5.65. The van der Waals surface area contributed by atoms with Gasteiger partial charge in [-0.2, -0.15) is 0 Å². The molecule has 106 valence electrons. The predicted molar refractivity (Wildman–Crippen MR) is 73.0 cm³/mol. The summed E-state index contributed by atoms with van der Waals surface area (Å²) in [6, 6.07) is 0. The standard InChI is InChI=1S/C14H28N2O2/c1-17-10-4-11-18-12-9-16-8-7-15-14(13-16)5-2-3-6-14/h15H,2-13H2,1H3. The number of methoxy groups -OCH3 is 1. The van der Waals surface area contributed by atoms with E-state index in [1.165, 1.54) is 38.8 Å². The highest BCUT2D eigenvalue weighted by Crippen LogP contribution is 2.31. The van der Waals surface area contributed by atoms with Crippen LogP contribution in [0.3, 0.4) is 0 Å². The molecule has 1 spiro atoms. The first kappa shape index (κ1) is 14.3. The molecule has 0 aromatic carbocycles. The summed E-state index contributed by atoms with van der Waals surface area (Å²) in [5.41, 5.74) is 0.439. The van der Waals surface area contributed by atoms with Crippen molar-refractivity contribution in [2.24, 2.45) is 0 Å². The van der Waals surface area contributed by atoms with Crippen LogP contribution in [0.1, 0.15) is 32.1 Å². The first-order valence-electron chi connectivity index (χ1n) is 7.39. The molecular weight excluding hydrogens is 228 g/mol. The second-order valence-corrected chi connectivity index (χ2v) is 5.65. The number of nitrogens with zero attached hydrogens (tertiary/aromatic N) is 1. The Kier molecular flexibility index (Phi) is 5.89. The average molecular weight is 256 g/mol. The molecule has 18 heavy (non-hydrogen) atoms. The Morgan fingerprint density at radius 2 is 2.00 bits per heavy atom. The molecule has 1 aliphatic carbocycles. The first-order valence-corrected chi connectivity index (χ1v) is 7.39. The van der Waals surface area contributed by atoms with Gasteiger partial charge in [-0.1, -0.05) is 12.8 Å². The van der Waals surface area contributed by atoms with E-state index in [-0.39, 0.29) is 0 Å². The minimum atomic E-state index is 0.439. The van der Waals surface area contributed by atoms with Crippen molar-refractivity contribution >= 4 is 0 Å². The highest BCUT2D eigenvalue weighted by Gasteiger charge is 2.37. The lowest BCUT2D eigenvalue weighted by Gasteiger charge is -2.41. The van der Waals surface area contributed by atoms with Gasteiger partial charge in [-0.15, -0.1) is 0 Å². The Morgan fingerprint density at radius 1 is 1.17 bits per heavy atom. The van der Waals surface area contributed by atoms with E-state index in [9.17, 15) is 0 Å². The summed E-state index contributed by atoms with van der Waals surface area (Å²) in [4.78, 5) is 2.57. The zero-order valence-electron chi connectivity index (χ0n) is 11.7. The summed E-state index contributed by atoms with van der Waals surface area (Å²) >= 11 is 0. The van der Waals surface area contributed by atoms with Gasteiger partial charge in [0.1, 0.15) is 0 Å². The van der Waals surface area contributed by atoms with E-state index in [1.54, 1.807) is 7.11 Å². The fourth-order valence-corrected chi connectivity index (χ4v) is 3.22. The Balaban J connectivity index is 1.58. The Morgan fingerprint density at radius 3 is 2.78 bits per heavy atom. The van der Waals surface area contributed by atoms with Crippen LogP contribution in [0.4, 0.5) is 0 Å². The highest BCUT2D eigenvalue weighted by atomic mass is 16.5. The van der Waals surface area contributed by atoms with Crippen LogP contribution in [0, 0.1) is 0 Å². The quantitative estimate of drug-likeness (QED) is 0.695. The van der Waals surface area contributed by atoms with Gasteiger partial charge in [0.2, 0.25) is 0 Å². The molecule has 2 fully saturated rings. The Hall–Kier alpha value is -0.160. The van der Waals surface area contributed by atoms with Crippen LogP contribution < -0.4 is 5.32 Å². The molecule has 4 nitrogen and oxygen atoms in total. The van der Waals surface area contributed by atoms with Gasteiger partial charge >= 0.3 is 0 Å². The van der Waals surface area contributed by atoms with E-state index < -0.39 is 0 Å². The van der Waals surface area contributed by atoms with Gasteiger partial charge in [-0.25, -0.2) is 0 Å². The van der Waals surface area contributed by atoms with Crippen molar-refractivity contribution in [1.29, 1.82) is 0 Å². The van der Waals surface area contributed by atoms with Crippen molar-refractivity contribution in [2.45, 2.75) is 37.6 Å². The molecule has 0 aromatic heterocycles. The SMILES string of the molecule is COCCCOCCN1CCNC2(CCCC2)C1. The Bertz CT molecular complexity index is 230. The summed E-state index contributed by atoms with van der Waals surface area (Å²) in [7, 11) is 1.74. The number of rotatable bonds is 7. The molecule has 1 saturated carbocycles. The topological polar surface area (TPSA) is 33.7 Å². The number of piperazine rings is 1. The van der Waals surface area contributed by atoms with Gasteiger partial charge in [0.25, 0.3) is 0 Å². The molecular formula is C14H28N2O2. The fraction of sp³-hybridized carbons (Fsp3) is 1.00. The molecule has 1 aliphatic heterocycles. The molecule has 2 rings (SSSR count). The van der Waals surface area contributed by atoms with Crippen molar-refractivity contribution in [3.63, 3.8) is 0 Å². The lowest BCUT2D eigenvalue weighted by Crippen LogP contribution is -2.59. The van der Waals surface area contributed by atoms with Crippen LogP contribution >= 0.6 is 0 Å². The normalized spacial score (nSPS) is 23.8. The van der Waals surface area contributed by atoms with Crippen molar-refractivity contribution in [1.82, 2.24) is 10.2 Å². The summed E-state index contributed by atoms with van der Waals surface area (Å²) in [5, 5.41) is 3.74. The molecule has 0 unspecified atom stereocenters. The minimum absolute atomic E-state index is 0.439. The van der Waals surface area contributed by atoms with Crippen LogP contribution in [0.15, 0.2) is 0 Å².